The molecular weight excluding hydrogens is 528 g/mol. The number of imide groups is 1. The maximum absolute atomic E-state index is 11.8. The number of halogens is 1. The number of hydrogen-bond donors (Lipinski definition) is 2. The van der Waals surface area contributed by atoms with E-state index in [4.69, 9.17) is 9.47 Å². The Bertz CT molecular complexity index is 1540. The molecule has 1 saturated heterocycles. The molecule has 4 aromatic rings. The summed E-state index contributed by atoms with van der Waals surface area (Å²) in [7, 11) is 1.87. The Morgan fingerprint density at radius 1 is 1.05 bits per heavy atom. The molecule has 0 spiro atoms. The molecule has 0 radical (unpaired) electrons. The largest absolute Gasteiger partial charge is 0.507 e. The van der Waals surface area contributed by atoms with Crippen LogP contribution in [0.1, 0.15) is 28.1 Å². The summed E-state index contributed by atoms with van der Waals surface area (Å²) in [6, 6.07) is 12.9. The number of hydrogen-bond acceptors (Lipinski definition) is 8. The third kappa shape index (κ3) is 5.41. The molecule has 2 aromatic carbocycles. The first kappa shape index (κ1) is 27.3. The monoisotopic (exact) mass is 554 g/mol. The van der Waals surface area contributed by atoms with Crippen LogP contribution >= 0.6 is 24.2 Å². The van der Waals surface area contributed by atoms with Gasteiger partial charge in [0.15, 0.2) is 5.65 Å². The number of thioether (sulfide) groups is 1. The Morgan fingerprint density at radius 3 is 2.47 bits per heavy atom. The second-order valence-electron chi connectivity index (χ2n) is 8.99. The number of imidazole rings is 1. The summed E-state index contributed by atoms with van der Waals surface area (Å²) >= 11 is 1.02. The van der Waals surface area contributed by atoms with Crippen molar-refractivity contribution in [3.63, 3.8) is 0 Å². The number of phenols is 1. The van der Waals surface area contributed by atoms with Gasteiger partial charge in [-0.2, -0.15) is 4.98 Å². The quantitative estimate of drug-likeness (QED) is 0.317. The summed E-state index contributed by atoms with van der Waals surface area (Å²) in [6.07, 6.45) is 0.478. The molecule has 3 heterocycles. The first-order valence-corrected chi connectivity index (χ1v) is 12.6. The van der Waals surface area contributed by atoms with Gasteiger partial charge in [-0.05, 0) is 73.7 Å². The third-order valence-electron chi connectivity index (χ3n) is 6.49. The van der Waals surface area contributed by atoms with Gasteiger partial charge in [-0.15, -0.1) is 12.4 Å². The molecular formula is C27H27ClN4O5S. The zero-order valence-corrected chi connectivity index (χ0v) is 22.9. The number of aromatic hydroxyl groups is 1. The third-order valence-corrected chi connectivity index (χ3v) is 7.47. The van der Waals surface area contributed by atoms with Gasteiger partial charge >= 0.3 is 0 Å². The average Bonchev–Trinajstić information content (AvgIpc) is 3.37. The molecule has 1 atom stereocenters. The Hall–Kier alpha value is -3.76. The number of aromatic nitrogens is 3. The van der Waals surface area contributed by atoms with E-state index < -0.39 is 5.25 Å². The van der Waals surface area contributed by atoms with E-state index in [0.29, 0.717) is 35.3 Å². The van der Waals surface area contributed by atoms with Crippen LogP contribution in [0, 0.1) is 20.8 Å². The molecule has 2 aromatic heterocycles. The SMILES string of the molecule is Cc1cc(Oc2ccc3nc(COc4ccc(CC5SC(=O)NC5=O)cc4)n(C)c3n2)c(C)c(C)c1O.Cl. The van der Waals surface area contributed by atoms with Gasteiger partial charge < -0.3 is 19.1 Å². The highest BCUT2D eigenvalue weighted by molar-refractivity contribution is 8.15. The number of phenolic OH excluding ortho intramolecular Hbond substituents is 1. The molecule has 1 aliphatic heterocycles. The number of amides is 2. The lowest BCUT2D eigenvalue weighted by atomic mass is 10.0. The molecule has 11 heteroatoms. The Labute approximate surface area is 230 Å². The van der Waals surface area contributed by atoms with Crippen molar-refractivity contribution in [3.8, 4) is 23.1 Å². The number of fused-ring (bicyclic) bond motifs is 1. The standard InChI is InChI=1S/C27H26N4O5S.ClH/c1-14-11-20(15(2)16(3)24(14)32)36-23-10-9-19-25(29-23)31(4)22(28-19)13-35-18-7-5-17(6-8-18)12-21-26(33)30-27(34)37-21;/h5-11,21,32H,12-13H2,1-4H3,(H,30,33,34);1H. The van der Waals surface area contributed by atoms with Crippen LogP contribution in [0.5, 0.6) is 23.1 Å². The van der Waals surface area contributed by atoms with Crippen LogP contribution in [0.25, 0.3) is 11.2 Å². The molecule has 0 saturated carbocycles. The average molecular weight is 555 g/mol. The first-order chi connectivity index (χ1) is 17.7. The van der Waals surface area contributed by atoms with Crippen LogP contribution in [-0.4, -0.2) is 36.0 Å². The highest BCUT2D eigenvalue weighted by Crippen LogP contribution is 2.34. The van der Waals surface area contributed by atoms with Gasteiger partial charge in [-0.1, -0.05) is 23.9 Å². The summed E-state index contributed by atoms with van der Waals surface area (Å²) in [5.41, 5.74) is 4.71. The van der Waals surface area contributed by atoms with Crippen molar-refractivity contribution in [2.45, 2.75) is 39.0 Å². The van der Waals surface area contributed by atoms with Crippen LogP contribution in [0.2, 0.25) is 0 Å². The number of pyridine rings is 1. The summed E-state index contributed by atoms with van der Waals surface area (Å²) in [4.78, 5) is 32.4. The minimum Gasteiger partial charge on any atom is -0.507 e. The zero-order chi connectivity index (χ0) is 26.3. The van der Waals surface area contributed by atoms with Crippen LogP contribution in [0.15, 0.2) is 42.5 Å². The number of aryl methyl sites for hydroxylation is 2. The van der Waals surface area contributed by atoms with E-state index in [9.17, 15) is 14.7 Å². The second-order valence-corrected chi connectivity index (χ2v) is 10.2. The van der Waals surface area contributed by atoms with Gasteiger partial charge in [0.25, 0.3) is 5.24 Å². The fourth-order valence-corrected chi connectivity index (χ4v) is 5.00. The number of rotatable bonds is 7. The van der Waals surface area contributed by atoms with E-state index in [1.165, 1.54) is 0 Å². The number of nitrogens with zero attached hydrogens (tertiary/aromatic N) is 3. The molecule has 2 amide bonds. The van der Waals surface area contributed by atoms with Crippen LogP contribution in [0.3, 0.4) is 0 Å². The van der Waals surface area contributed by atoms with Crippen molar-refractivity contribution < 1.29 is 24.2 Å². The van der Waals surface area contributed by atoms with E-state index in [1.54, 1.807) is 12.1 Å². The van der Waals surface area contributed by atoms with Crippen molar-refractivity contribution >= 4 is 46.5 Å². The summed E-state index contributed by atoms with van der Waals surface area (Å²) in [5, 5.41) is 11.8. The molecule has 9 nitrogen and oxygen atoms in total. The minimum absolute atomic E-state index is 0. The second kappa shape index (κ2) is 10.9. The van der Waals surface area contributed by atoms with Crippen LogP contribution in [-0.2, 0) is 24.9 Å². The predicted molar refractivity (Wildman–Crippen MR) is 148 cm³/mol. The predicted octanol–water partition coefficient (Wildman–Crippen LogP) is 5.29. The molecule has 1 fully saturated rings. The smallest absolute Gasteiger partial charge is 0.286 e. The first-order valence-electron chi connectivity index (χ1n) is 11.7. The lowest BCUT2D eigenvalue weighted by Crippen LogP contribution is -2.25. The van der Waals surface area contributed by atoms with E-state index in [0.717, 1.165) is 39.5 Å². The number of benzene rings is 2. The number of carbonyl (C=O) groups excluding carboxylic acids is 2. The van der Waals surface area contributed by atoms with E-state index in [2.05, 4.69) is 15.3 Å². The van der Waals surface area contributed by atoms with Crippen LogP contribution in [0.4, 0.5) is 4.79 Å². The molecule has 0 aliphatic carbocycles. The van der Waals surface area contributed by atoms with Crippen molar-refractivity contribution in [2.75, 3.05) is 0 Å². The molecule has 38 heavy (non-hydrogen) atoms. The van der Waals surface area contributed by atoms with Gasteiger partial charge in [-0.25, -0.2) is 4.98 Å². The fourth-order valence-electron chi connectivity index (χ4n) is 4.14. The van der Waals surface area contributed by atoms with Gasteiger partial charge in [0.2, 0.25) is 11.8 Å². The highest BCUT2D eigenvalue weighted by atomic mass is 35.5. The maximum Gasteiger partial charge on any atom is 0.286 e. The van der Waals surface area contributed by atoms with Gasteiger partial charge in [0, 0.05) is 13.1 Å². The molecule has 2 N–H and O–H groups in total. The minimum atomic E-state index is -0.397. The Morgan fingerprint density at radius 2 is 1.79 bits per heavy atom. The Kier molecular flexibility index (Phi) is 7.84. The van der Waals surface area contributed by atoms with Crippen LogP contribution < -0.4 is 14.8 Å². The number of carbonyl (C=O) groups is 2. The van der Waals surface area contributed by atoms with Gasteiger partial charge in [0.1, 0.15) is 35.2 Å². The lowest BCUT2D eigenvalue weighted by Gasteiger charge is -2.13. The van der Waals surface area contributed by atoms with Crippen molar-refractivity contribution in [3.05, 3.63) is 70.5 Å². The summed E-state index contributed by atoms with van der Waals surface area (Å²) < 4.78 is 13.9. The van der Waals surface area contributed by atoms with Crippen molar-refractivity contribution in [1.82, 2.24) is 19.9 Å². The number of ether oxygens (including phenoxy) is 2. The molecule has 1 aliphatic rings. The molecule has 0 bridgehead atoms. The van der Waals surface area contributed by atoms with Gasteiger partial charge in [-0.3, -0.25) is 14.9 Å². The van der Waals surface area contributed by atoms with Crippen molar-refractivity contribution in [1.29, 1.82) is 0 Å². The van der Waals surface area contributed by atoms with E-state index in [1.807, 2.05) is 62.7 Å². The molecule has 198 valence electrons. The molecule has 1 unspecified atom stereocenters. The molecule has 5 rings (SSSR count). The number of nitrogens with one attached hydrogen (secondary N) is 1. The zero-order valence-electron chi connectivity index (χ0n) is 21.3. The topological polar surface area (TPSA) is 116 Å². The Balaban J connectivity index is 0.00000336. The van der Waals surface area contributed by atoms with Gasteiger partial charge in [0.05, 0.1) is 5.25 Å². The lowest BCUT2D eigenvalue weighted by molar-refractivity contribution is -0.118. The van der Waals surface area contributed by atoms with E-state index >= 15 is 0 Å². The summed E-state index contributed by atoms with van der Waals surface area (Å²) in [5.74, 6) is 2.47. The normalized spacial score (nSPS) is 14.9. The van der Waals surface area contributed by atoms with Crippen molar-refractivity contribution in [2.24, 2.45) is 7.05 Å². The van der Waals surface area contributed by atoms with E-state index in [-0.39, 0.29) is 35.9 Å². The highest BCUT2D eigenvalue weighted by Gasteiger charge is 2.31. The fraction of sp³-hybridized carbons (Fsp3) is 0.259. The summed E-state index contributed by atoms with van der Waals surface area (Å²) in [6.45, 7) is 5.84. The maximum atomic E-state index is 11.8.